The van der Waals surface area contributed by atoms with Crippen LogP contribution in [0, 0.1) is 18.3 Å². The lowest BCUT2D eigenvalue weighted by molar-refractivity contribution is -0.137. The molecule has 3 aromatic rings. The fourth-order valence-corrected chi connectivity index (χ4v) is 3.62. The molecule has 0 saturated carbocycles. The molecule has 0 aliphatic rings. The molecule has 4 nitrogen and oxygen atoms in total. The van der Waals surface area contributed by atoms with E-state index in [-0.39, 0.29) is 12.2 Å². The Hall–Kier alpha value is -3.37. The van der Waals surface area contributed by atoms with Crippen molar-refractivity contribution in [2.45, 2.75) is 46.0 Å². The van der Waals surface area contributed by atoms with Crippen LogP contribution in [0.5, 0.6) is 0 Å². The van der Waals surface area contributed by atoms with Crippen LogP contribution in [0.25, 0.3) is 11.3 Å². The number of pyridine rings is 1. The number of benzene rings is 2. The number of aromatic nitrogens is 1. The van der Waals surface area contributed by atoms with Crippen molar-refractivity contribution in [3.05, 3.63) is 92.8 Å². The molecular formula is C26H25F3N2O2. The SMILES string of the molecule is CCCCOCc1cccc(Cn2c(-c3cccc(C)c3)cc(C(F)(F)F)c(C#N)c2=O)c1. The van der Waals surface area contributed by atoms with Gasteiger partial charge in [0.15, 0.2) is 0 Å². The summed E-state index contributed by atoms with van der Waals surface area (Å²) in [4.78, 5) is 13.1. The summed E-state index contributed by atoms with van der Waals surface area (Å²) in [5, 5.41) is 9.36. The van der Waals surface area contributed by atoms with Crippen LogP contribution < -0.4 is 5.56 Å². The van der Waals surface area contributed by atoms with Crippen LogP contribution >= 0.6 is 0 Å². The van der Waals surface area contributed by atoms with Gasteiger partial charge in [-0.3, -0.25) is 4.79 Å². The average Bonchev–Trinajstić information content (AvgIpc) is 2.77. The fourth-order valence-electron chi connectivity index (χ4n) is 3.62. The topological polar surface area (TPSA) is 55.0 Å². The Morgan fingerprint density at radius 2 is 1.79 bits per heavy atom. The normalized spacial score (nSPS) is 11.4. The first kappa shape index (κ1) is 24.3. The predicted octanol–water partition coefficient (Wildman–Crippen LogP) is 6.08. The molecule has 0 fully saturated rings. The molecular weight excluding hydrogens is 429 g/mol. The van der Waals surface area contributed by atoms with Gasteiger partial charge in [-0.05, 0) is 42.2 Å². The Balaban J connectivity index is 2.10. The number of unbranched alkanes of at least 4 members (excludes halogenated alkanes) is 1. The number of nitriles is 1. The summed E-state index contributed by atoms with van der Waals surface area (Å²) in [6, 6.07) is 16.7. The van der Waals surface area contributed by atoms with E-state index in [9.17, 15) is 23.2 Å². The molecule has 0 spiro atoms. The molecule has 0 bridgehead atoms. The number of rotatable bonds is 8. The highest BCUT2D eigenvalue weighted by molar-refractivity contribution is 5.63. The Labute approximate surface area is 190 Å². The summed E-state index contributed by atoms with van der Waals surface area (Å²) in [6.45, 7) is 4.97. The van der Waals surface area contributed by atoms with Gasteiger partial charge < -0.3 is 9.30 Å². The van der Waals surface area contributed by atoms with Gasteiger partial charge in [0, 0.05) is 6.61 Å². The van der Waals surface area contributed by atoms with Crippen LogP contribution in [0.2, 0.25) is 0 Å². The van der Waals surface area contributed by atoms with Crippen LogP contribution in [0.3, 0.4) is 0 Å². The monoisotopic (exact) mass is 454 g/mol. The number of alkyl halides is 3. The van der Waals surface area contributed by atoms with Crippen molar-refractivity contribution in [2.75, 3.05) is 6.61 Å². The summed E-state index contributed by atoms with van der Waals surface area (Å²) >= 11 is 0. The largest absolute Gasteiger partial charge is 0.417 e. The van der Waals surface area contributed by atoms with E-state index >= 15 is 0 Å². The first-order valence-electron chi connectivity index (χ1n) is 10.7. The van der Waals surface area contributed by atoms with Gasteiger partial charge in [-0.25, -0.2) is 0 Å². The molecule has 33 heavy (non-hydrogen) atoms. The molecule has 0 N–H and O–H groups in total. The average molecular weight is 454 g/mol. The molecule has 0 radical (unpaired) electrons. The van der Waals surface area contributed by atoms with Crippen molar-refractivity contribution < 1.29 is 17.9 Å². The van der Waals surface area contributed by atoms with Gasteiger partial charge in [0.1, 0.15) is 11.6 Å². The second-order valence-corrected chi connectivity index (χ2v) is 7.91. The Bertz CT molecular complexity index is 1220. The van der Waals surface area contributed by atoms with Crippen molar-refractivity contribution in [3.8, 4) is 17.3 Å². The van der Waals surface area contributed by atoms with Gasteiger partial charge in [-0.1, -0.05) is 61.4 Å². The fraction of sp³-hybridized carbons (Fsp3) is 0.308. The zero-order chi connectivity index (χ0) is 24.0. The van der Waals surface area contributed by atoms with E-state index < -0.39 is 22.9 Å². The van der Waals surface area contributed by atoms with E-state index in [0.717, 1.165) is 35.6 Å². The third-order valence-corrected chi connectivity index (χ3v) is 5.27. The molecule has 1 aromatic heterocycles. The van der Waals surface area contributed by atoms with Crippen LogP contribution in [0.4, 0.5) is 13.2 Å². The highest BCUT2D eigenvalue weighted by Crippen LogP contribution is 2.34. The van der Waals surface area contributed by atoms with Crippen LogP contribution in [-0.2, 0) is 24.1 Å². The van der Waals surface area contributed by atoms with Crippen molar-refractivity contribution in [1.29, 1.82) is 5.26 Å². The molecule has 172 valence electrons. The van der Waals surface area contributed by atoms with E-state index in [1.165, 1.54) is 10.6 Å². The lowest BCUT2D eigenvalue weighted by atomic mass is 10.0. The number of halogens is 3. The third-order valence-electron chi connectivity index (χ3n) is 5.27. The van der Waals surface area contributed by atoms with Crippen molar-refractivity contribution in [3.63, 3.8) is 0 Å². The maximum Gasteiger partial charge on any atom is 0.417 e. The molecule has 0 unspecified atom stereocenters. The minimum Gasteiger partial charge on any atom is -0.377 e. The zero-order valence-electron chi connectivity index (χ0n) is 18.6. The number of nitrogens with zero attached hydrogens (tertiary/aromatic N) is 2. The van der Waals surface area contributed by atoms with Crippen molar-refractivity contribution >= 4 is 0 Å². The van der Waals surface area contributed by atoms with Crippen molar-refractivity contribution in [2.24, 2.45) is 0 Å². The lowest BCUT2D eigenvalue weighted by Crippen LogP contribution is -2.28. The van der Waals surface area contributed by atoms with Crippen molar-refractivity contribution in [1.82, 2.24) is 4.57 Å². The summed E-state index contributed by atoms with van der Waals surface area (Å²) in [6.07, 6.45) is -2.84. The Kier molecular flexibility index (Phi) is 7.72. The number of aryl methyl sites for hydroxylation is 1. The minimum atomic E-state index is -4.82. The molecule has 0 aliphatic heterocycles. The molecule has 0 atom stereocenters. The Morgan fingerprint density at radius 1 is 1.06 bits per heavy atom. The van der Waals surface area contributed by atoms with E-state index in [4.69, 9.17) is 4.74 Å². The van der Waals surface area contributed by atoms with Gasteiger partial charge in [0.25, 0.3) is 5.56 Å². The molecule has 2 aromatic carbocycles. The first-order chi connectivity index (χ1) is 15.7. The van der Waals surface area contributed by atoms with Gasteiger partial charge in [-0.2, -0.15) is 18.4 Å². The molecule has 3 rings (SSSR count). The second kappa shape index (κ2) is 10.5. The zero-order valence-corrected chi connectivity index (χ0v) is 18.6. The third kappa shape index (κ3) is 5.91. The molecule has 0 saturated heterocycles. The second-order valence-electron chi connectivity index (χ2n) is 7.91. The van der Waals surface area contributed by atoms with Gasteiger partial charge in [-0.15, -0.1) is 0 Å². The summed E-state index contributed by atoms with van der Waals surface area (Å²) < 4.78 is 47.9. The maximum atomic E-state index is 13.7. The highest BCUT2D eigenvalue weighted by atomic mass is 19.4. The summed E-state index contributed by atoms with van der Waals surface area (Å²) in [7, 11) is 0. The molecule has 7 heteroatoms. The Morgan fingerprint density at radius 3 is 2.45 bits per heavy atom. The molecule has 0 amide bonds. The molecule has 1 heterocycles. The van der Waals surface area contributed by atoms with Crippen LogP contribution in [-0.4, -0.2) is 11.2 Å². The quantitative estimate of drug-likeness (QED) is 0.388. The van der Waals surface area contributed by atoms with Crippen LogP contribution in [0.1, 0.15) is 47.6 Å². The lowest BCUT2D eigenvalue weighted by Gasteiger charge is -2.18. The van der Waals surface area contributed by atoms with E-state index in [0.29, 0.717) is 18.8 Å². The number of ether oxygens (including phenoxy) is 1. The highest BCUT2D eigenvalue weighted by Gasteiger charge is 2.36. The summed E-state index contributed by atoms with van der Waals surface area (Å²) in [5.74, 6) is 0. The maximum absolute atomic E-state index is 13.7. The smallest absolute Gasteiger partial charge is 0.377 e. The first-order valence-corrected chi connectivity index (χ1v) is 10.7. The van der Waals surface area contributed by atoms with E-state index in [1.807, 2.05) is 31.2 Å². The molecule has 0 aliphatic carbocycles. The van der Waals surface area contributed by atoms with E-state index in [2.05, 4.69) is 6.92 Å². The predicted molar refractivity (Wildman–Crippen MR) is 121 cm³/mol. The summed E-state index contributed by atoms with van der Waals surface area (Å²) in [5.41, 5.74) is -0.0314. The number of hydrogen-bond donors (Lipinski definition) is 0. The van der Waals surface area contributed by atoms with Crippen LogP contribution in [0.15, 0.2) is 59.4 Å². The van der Waals surface area contributed by atoms with Gasteiger partial charge in [0.05, 0.1) is 24.4 Å². The van der Waals surface area contributed by atoms with Gasteiger partial charge >= 0.3 is 6.18 Å². The standard InChI is InChI=1S/C26H25F3N2O2/c1-3-4-11-33-17-20-9-6-8-19(13-20)16-31-24(21-10-5-7-18(2)12-21)14-23(26(27,28)29)22(15-30)25(31)32/h5-10,12-14H,3-4,11,16-17H2,1-2H3. The van der Waals surface area contributed by atoms with Gasteiger partial charge in [0.2, 0.25) is 0 Å². The van der Waals surface area contributed by atoms with E-state index in [1.54, 1.807) is 24.3 Å². The number of hydrogen-bond acceptors (Lipinski definition) is 3. The minimum absolute atomic E-state index is 0.0255.